The van der Waals surface area contributed by atoms with Crippen LogP contribution in [0.4, 0.5) is 0 Å². The van der Waals surface area contributed by atoms with Gasteiger partial charge in [-0.3, -0.25) is 0 Å². The normalized spacial score (nSPS) is 12.4. The number of aliphatic hydroxyl groups is 1. The first-order valence-electron chi connectivity index (χ1n) is 5.90. The van der Waals surface area contributed by atoms with E-state index in [9.17, 15) is 5.11 Å². The number of aromatic nitrogens is 1. The molecule has 0 saturated carbocycles. The minimum atomic E-state index is -0.462. The van der Waals surface area contributed by atoms with Crippen molar-refractivity contribution in [3.05, 3.63) is 46.8 Å². The molecule has 1 aromatic carbocycles. The second kappa shape index (κ2) is 5.23. The summed E-state index contributed by atoms with van der Waals surface area (Å²) in [5.41, 5.74) is 2.65. The van der Waals surface area contributed by atoms with Crippen molar-refractivity contribution < 1.29 is 14.4 Å². The molecule has 0 radical (unpaired) electrons. The van der Waals surface area contributed by atoms with E-state index < -0.39 is 6.10 Å². The highest BCUT2D eigenvalue weighted by molar-refractivity contribution is 5.37. The molecule has 0 aliphatic carbocycles. The van der Waals surface area contributed by atoms with E-state index in [2.05, 4.69) is 5.16 Å². The number of rotatable bonds is 4. The molecule has 0 aliphatic rings. The molecule has 1 N–H and O–H groups in total. The number of nitrogens with zero attached hydrogens (tertiary/aromatic N) is 1. The Morgan fingerprint density at radius 2 is 2.11 bits per heavy atom. The smallest absolute Gasteiger partial charge is 0.134 e. The summed E-state index contributed by atoms with van der Waals surface area (Å²) in [7, 11) is 0. The van der Waals surface area contributed by atoms with Crippen LogP contribution in [0.3, 0.4) is 0 Å². The van der Waals surface area contributed by atoms with E-state index in [1.807, 2.05) is 38.1 Å². The van der Waals surface area contributed by atoms with E-state index >= 15 is 0 Å². The molecular formula is C14H17NO3. The molecule has 1 atom stereocenters. The second-order valence-corrected chi connectivity index (χ2v) is 4.42. The van der Waals surface area contributed by atoms with Gasteiger partial charge in [-0.25, -0.2) is 0 Å². The largest absolute Gasteiger partial charge is 0.487 e. The summed E-state index contributed by atoms with van der Waals surface area (Å²) < 4.78 is 10.6. The third kappa shape index (κ3) is 2.90. The van der Waals surface area contributed by atoms with Crippen LogP contribution in [0.15, 0.2) is 28.8 Å². The van der Waals surface area contributed by atoms with E-state index in [1.54, 1.807) is 6.92 Å². The summed E-state index contributed by atoms with van der Waals surface area (Å²) in [4.78, 5) is 0. The summed E-state index contributed by atoms with van der Waals surface area (Å²) >= 11 is 0. The molecule has 1 heterocycles. The van der Waals surface area contributed by atoms with E-state index in [4.69, 9.17) is 9.26 Å². The molecule has 4 heteroatoms. The molecular weight excluding hydrogens is 230 g/mol. The van der Waals surface area contributed by atoms with Gasteiger partial charge in [0.15, 0.2) is 0 Å². The van der Waals surface area contributed by atoms with Crippen LogP contribution in [0, 0.1) is 13.8 Å². The van der Waals surface area contributed by atoms with Crippen molar-refractivity contribution in [1.82, 2.24) is 5.16 Å². The standard InChI is InChI=1S/C14H17NO3/c1-9-6-12(11(3)16)4-5-14(9)17-8-13-7-10(2)18-15-13/h4-7,11,16H,8H2,1-3H3. The fourth-order valence-electron chi connectivity index (χ4n) is 1.73. The number of ether oxygens (including phenoxy) is 1. The third-order valence-electron chi connectivity index (χ3n) is 2.73. The van der Waals surface area contributed by atoms with Gasteiger partial charge in [-0.2, -0.15) is 0 Å². The molecule has 0 fully saturated rings. The van der Waals surface area contributed by atoms with Gasteiger partial charge in [0.1, 0.15) is 23.8 Å². The summed E-state index contributed by atoms with van der Waals surface area (Å²) in [6.45, 7) is 5.92. The number of hydrogen-bond donors (Lipinski definition) is 1. The molecule has 18 heavy (non-hydrogen) atoms. The lowest BCUT2D eigenvalue weighted by atomic mass is 10.1. The first kappa shape index (κ1) is 12.6. The number of aliphatic hydroxyl groups excluding tert-OH is 1. The molecule has 0 aliphatic heterocycles. The van der Waals surface area contributed by atoms with Crippen LogP contribution in [0.5, 0.6) is 5.75 Å². The Bertz CT molecular complexity index is 532. The molecule has 2 aromatic rings. The van der Waals surface area contributed by atoms with Crippen molar-refractivity contribution in [2.45, 2.75) is 33.5 Å². The predicted octanol–water partition coefficient (Wildman–Crippen LogP) is 2.92. The zero-order chi connectivity index (χ0) is 13.1. The predicted molar refractivity (Wildman–Crippen MR) is 67.4 cm³/mol. The van der Waals surface area contributed by atoms with Crippen LogP contribution >= 0.6 is 0 Å². The average Bonchev–Trinajstić information content (AvgIpc) is 2.73. The molecule has 0 bridgehead atoms. The zero-order valence-corrected chi connectivity index (χ0v) is 10.8. The van der Waals surface area contributed by atoms with Crippen molar-refractivity contribution in [2.75, 3.05) is 0 Å². The Labute approximate surface area is 106 Å². The van der Waals surface area contributed by atoms with Gasteiger partial charge in [0.25, 0.3) is 0 Å². The SMILES string of the molecule is Cc1cc(COc2ccc(C(C)O)cc2C)no1. The molecule has 96 valence electrons. The molecule has 1 unspecified atom stereocenters. The molecule has 0 saturated heterocycles. The maximum absolute atomic E-state index is 9.49. The number of benzene rings is 1. The van der Waals surface area contributed by atoms with Crippen molar-refractivity contribution in [2.24, 2.45) is 0 Å². The van der Waals surface area contributed by atoms with Crippen LogP contribution < -0.4 is 4.74 Å². The Kier molecular flexibility index (Phi) is 3.67. The van der Waals surface area contributed by atoms with E-state index in [0.717, 1.165) is 28.3 Å². The van der Waals surface area contributed by atoms with Crippen molar-refractivity contribution >= 4 is 0 Å². The summed E-state index contributed by atoms with van der Waals surface area (Å²) in [6.07, 6.45) is -0.462. The lowest BCUT2D eigenvalue weighted by Gasteiger charge is -2.10. The summed E-state index contributed by atoms with van der Waals surface area (Å²) in [5, 5.41) is 13.4. The van der Waals surface area contributed by atoms with Gasteiger partial charge in [0.2, 0.25) is 0 Å². The first-order valence-corrected chi connectivity index (χ1v) is 5.90. The number of hydrogen-bond acceptors (Lipinski definition) is 4. The van der Waals surface area contributed by atoms with Crippen LogP contribution in [0.25, 0.3) is 0 Å². The monoisotopic (exact) mass is 247 g/mol. The Balaban J connectivity index is 2.05. The van der Waals surface area contributed by atoms with Crippen LogP contribution in [0.2, 0.25) is 0 Å². The van der Waals surface area contributed by atoms with Gasteiger partial charge < -0.3 is 14.4 Å². The number of aryl methyl sites for hydroxylation is 2. The molecule has 1 aromatic heterocycles. The summed E-state index contributed by atoms with van der Waals surface area (Å²) in [6, 6.07) is 7.50. The lowest BCUT2D eigenvalue weighted by molar-refractivity contribution is 0.199. The van der Waals surface area contributed by atoms with Crippen LogP contribution in [-0.4, -0.2) is 10.3 Å². The van der Waals surface area contributed by atoms with E-state index in [0.29, 0.717) is 6.61 Å². The lowest BCUT2D eigenvalue weighted by Crippen LogP contribution is -1.99. The average molecular weight is 247 g/mol. The first-order chi connectivity index (χ1) is 8.56. The maximum atomic E-state index is 9.49. The minimum absolute atomic E-state index is 0.381. The van der Waals surface area contributed by atoms with E-state index in [-0.39, 0.29) is 0 Å². The molecule has 4 nitrogen and oxygen atoms in total. The molecule has 0 spiro atoms. The van der Waals surface area contributed by atoms with Crippen molar-refractivity contribution in [1.29, 1.82) is 0 Å². The fraction of sp³-hybridized carbons (Fsp3) is 0.357. The quantitative estimate of drug-likeness (QED) is 0.902. The zero-order valence-electron chi connectivity index (χ0n) is 10.8. The van der Waals surface area contributed by atoms with Gasteiger partial charge in [-0.15, -0.1) is 0 Å². The van der Waals surface area contributed by atoms with Crippen LogP contribution in [-0.2, 0) is 6.61 Å². The van der Waals surface area contributed by atoms with Gasteiger partial charge in [0.05, 0.1) is 6.10 Å². The Morgan fingerprint density at radius 1 is 1.33 bits per heavy atom. The fourth-order valence-corrected chi connectivity index (χ4v) is 1.73. The molecule has 2 rings (SSSR count). The van der Waals surface area contributed by atoms with Gasteiger partial charge >= 0.3 is 0 Å². The maximum Gasteiger partial charge on any atom is 0.134 e. The molecule has 0 amide bonds. The van der Waals surface area contributed by atoms with Crippen molar-refractivity contribution in [3.63, 3.8) is 0 Å². The van der Waals surface area contributed by atoms with Gasteiger partial charge in [-0.1, -0.05) is 11.2 Å². The minimum Gasteiger partial charge on any atom is -0.487 e. The summed E-state index contributed by atoms with van der Waals surface area (Å²) in [5.74, 6) is 1.56. The second-order valence-electron chi connectivity index (χ2n) is 4.42. The van der Waals surface area contributed by atoms with Gasteiger partial charge in [0, 0.05) is 6.07 Å². The Morgan fingerprint density at radius 3 is 2.67 bits per heavy atom. The Hall–Kier alpha value is -1.81. The van der Waals surface area contributed by atoms with Crippen molar-refractivity contribution in [3.8, 4) is 5.75 Å². The topological polar surface area (TPSA) is 55.5 Å². The highest BCUT2D eigenvalue weighted by Crippen LogP contribution is 2.23. The van der Waals surface area contributed by atoms with Crippen LogP contribution in [0.1, 0.15) is 35.6 Å². The van der Waals surface area contributed by atoms with Gasteiger partial charge in [-0.05, 0) is 44.0 Å². The highest BCUT2D eigenvalue weighted by atomic mass is 16.5. The highest BCUT2D eigenvalue weighted by Gasteiger charge is 2.06. The third-order valence-corrected chi connectivity index (χ3v) is 2.73. The van der Waals surface area contributed by atoms with E-state index in [1.165, 1.54) is 0 Å².